The molecule has 0 radical (unpaired) electrons. The van der Waals surface area contributed by atoms with Crippen molar-refractivity contribution in [3.8, 4) is 0 Å². The predicted molar refractivity (Wildman–Crippen MR) is 106 cm³/mol. The van der Waals surface area contributed by atoms with Crippen molar-refractivity contribution < 1.29 is 19.1 Å². The Hall–Kier alpha value is -2.90. The van der Waals surface area contributed by atoms with Crippen LogP contribution in [-0.4, -0.2) is 41.7 Å². The largest absolute Gasteiger partial charge is 0.461 e. The van der Waals surface area contributed by atoms with Gasteiger partial charge in [-0.3, -0.25) is 0 Å². The summed E-state index contributed by atoms with van der Waals surface area (Å²) < 4.78 is 9.66. The topological polar surface area (TPSA) is 122 Å². The van der Waals surface area contributed by atoms with Crippen molar-refractivity contribution in [2.45, 2.75) is 40.0 Å². The first-order valence-corrected chi connectivity index (χ1v) is 9.23. The van der Waals surface area contributed by atoms with Gasteiger partial charge in [-0.1, -0.05) is 19.8 Å². The summed E-state index contributed by atoms with van der Waals surface area (Å²) in [4.78, 5) is 28.1. The van der Waals surface area contributed by atoms with Crippen LogP contribution in [-0.2, 0) is 9.47 Å². The summed E-state index contributed by atoms with van der Waals surface area (Å²) >= 11 is 0. The molecule has 2 rings (SSSR count). The second-order valence-corrected chi connectivity index (χ2v) is 5.65. The molecule has 0 atom stereocenters. The number of carbonyl (C=O) groups is 2. The lowest BCUT2D eigenvalue weighted by Crippen LogP contribution is -2.10. The van der Waals surface area contributed by atoms with Crippen LogP contribution < -0.4 is 11.1 Å². The van der Waals surface area contributed by atoms with E-state index in [1.165, 1.54) is 12.8 Å². The molecule has 27 heavy (non-hydrogen) atoms. The highest BCUT2D eigenvalue weighted by Crippen LogP contribution is 2.14. The summed E-state index contributed by atoms with van der Waals surface area (Å²) in [5.41, 5.74) is 7.53. The third kappa shape index (κ3) is 7.47. The van der Waals surface area contributed by atoms with Crippen molar-refractivity contribution >= 4 is 23.3 Å². The lowest BCUT2D eigenvalue weighted by atomic mass is 10.2. The summed E-state index contributed by atoms with van der Waals surface area (Å²) in [5, 5.41) is 3.24. The number of nitrogens with one attached hydrogen (secondary N) is 3. The van der Waals surface area contributed by atoms with Crippen molar-refractivity contribution in [2.75, 3.05) is 30.8 Å². The van der Waals surface area contributed by atoms with Gasteiger partial charge < -0.3 is 30.5 Å². The van der Waals surface area contributed by atoms with E-state index in [0.29, 0.717) is 30.3 Å². The van der Waals surface area contributed by atoms with Crippen LogP contribution in [0.5, 0.6) is 0 Å². The molecule has 0 fully saturated rings. The van der Waals surface area contributed by atoms with E-state index in [9.17, 15) is 9.59 Å². The first-order chi connectivity index (χ1) is 13.0. The molecular formula is C19H30N4O4. The molecule has 0 unspecified atom stereocenters. The lowest BCUT2D eigenvalue weighted by Gasteiger charge is -2.06. The van der Waals surface area contributed by atoms with Gasteiger partial charge in [-0.2, -0.15) is 0 Å². The van der Waals surface area contributed by atoms with Gasteiger partial charge in [-0.25, -0.2) is 9.59 Å². The van der Waals surface area contributed by atoms with Crippen molar-refractivity contribution in [3.05, 3.63) is 35.9 Å². The van der Waals surface area contributed by atoms with Crippen molar-refractivity contribution in [3.63, 3.8) is 0 Å². The maximum absolute atomic E-state index is 11.5. The molecule has 150 valence electrons. The van der Waals surface area contributed by atoms with Gasteiger partial charge in [0.05, 0.1) is 24.6 Å². The minimum Gasteiger partial charge on any atom is -0.461 e. The van der Waals surface area contributed by atoms with E-state index < -0.39 is 5.97 Å². The van der Waals surface area contributed by atoms with Crippen molar-refractivity contribution in [1.82, 2.24) is 9.97 Å². The summed E-state index contributed by atoms with van der Waals surface area (Å²) in [6.07, 6.45) is 6.85. The van der Waals surface area contributed by atoms with Crippen LogP contribution in [0.3, 0.4) is 0 Å². The minimum atomic E-state index is -0.407. The van der Waals surface area contributed by atoms with E-state index in [4.69, 9.17) is 15.2 Å². The van der Waals surface area contributed by atoms with Gasteiger partial charge in [0, 0.05) is 18.9 Å². The Morgan fingerprint density at radius 1 is 0.963 bits per heavy atom. The number of nitrogen functional groups attached to an aromatic ring is 1. The number of esters is 2. The molecule has 0 spiro atoms. The maximum atomic E-state index is 11.5. The Bertz CT molecular complexity index is 693. The van der Waals surface area contributed by atoms with E-state index >= 15 is 0 Å². The molecule has 0 saturated heterocycles. The highest BCUT2D eigenvalue weighted by atomic mass is 16.5. The van der Waals surface area contributed by atoms with Crippen molar-refractivity contribution in [1.29, 1.82) is 0 Å². The summed E-state index contributed by atoms with van der Waals surface area (Å²) in [6.45, 7) is 7.36. The highest BCUT2D eigenvalue weighted by molar-refractivity contribution is 5.94. The van der Waals surface area contributed by atoms with Gasteiger partial charge in [0.2, 0.25) is 0 Å². The van der Waals surface area contributed by atoms with Gasteiger partial charge in [0.25, 0.3) is 0 Å². The molecule has 0 aromatic carbocycles. The van der Waals surface area contributed by atoms with Gasteiger partial charge in [-0.05, 0) is 32.4 Å². The third-order valence-electron chi connectivity index (χ3n) is 3.58. The Labute approximate surface area is 159 Å². The molecule has 5 N–H and O–H groups in total. The number of hydrogen-bond acceptors (Lipinski definition) is 6. The van der Waals surface area contributed by atoms with E-state index in [2.05, 4.69) is 22.2 Å². The van der Waals surface area contributed by atoms with E-state index in [1.807, 2.05) is 6.07 Å². The van der Waals surface area contributed by atoms with Crippen LogP contribution >= 0.6 is 0 Å². The summed E-state index contributed by atoms with van der Waals surface area (Å²) in [7, 11) is 0. The summed E-state index contributed by atoms with van der Waals surface area (Å²) in [5.74, 6) is -0.708. The molecule has 0 amide bonds. The third-order valence-corrected chi connectivity index (χ3v) is 3.58. The predicted octanol–water partition coefficient (Wildman–Crippen LogP) is 3.57. The van der Waals surface area contributed by atoms with Gasteiger partial charge in [-0.15, -0.1) is 0 Å². The second kappa shape index (κ2) is 12.5. The Kier molecular flexibility index (Phi) is 10.2. The number of aromatic nitrogens is 2. The fourth-order valence-electron chi connectivity index (χ4n) is 2.25. The van der Waals surface area contributed by atoms with Crippen LogP contribution in [0.2, 0.25) is 0 Å². The normalized spacial score (nSPS) is 9.89. The standard InChI is InChI=1S/C12H20N2O2.C7H10N2O2/c1-3-5-6-8-13-10-7-9-14-11(10)12(15)16-4-2;1-2-11-7(10)6-5(8)3-4-9-6/h7,9,13-14H,3-6,8H2,1-2H3;3-4,9H,2,8H2,1H3. The van der Waals surface area contributed by atoms with E-state index in [-0.39, 0.29) is 5.97 Å². The quantitative estimate of drug-likeness (QED) is 0.391. The molecule has 0 aliphatic carbocycles. The fourth-order valence-corrected chi connectivity index (χ4v) is 2.25. The molecule has 2 aromatic rings. The number of anilines is 2. The zero-order valence-electron chi connectivity index (χ0n) is 16.3. The SMILES string of the molecule is CCCCCNc1cc[nH]c1C(=O)OCC.CCOC(=O)c1[nH]ccc1N. The highest BCUT2D eigenvalue weighted by Gasteiger charge is 2.13. The smallest absolute Gasteiger partial charge is 0.356 e. The number of ether oxygens (including phenoxy) is 2. The summed E-state index contributed by atoms with van der Waals surface area (Å²) in [6, 6.07) is 3.48. The average molecular weight is 378 g/mol. The first-order valence-electron chi connectivity index (χ1n) is 9.23. The van der Waals surface area contributed by atoms with Crippen LogP contribution in [0.25, 0.3) is 0 Å². The minimum absolute atomic E-state index is 0.300. The van der Waals surface area contributed by atoms with Gasteiger partial charge in [0.15, 0.2) is 0 Å². The monoisotopic (exact) mass is 378 g/mol. The van der Waals surface area contributed by atoms with E-state index in [1.54, 1.807) is 32.3 Å². The molecule has 2 aromatic heterocycles. The number of rotatable bonds is 9. The molecule has 0 aliphatic rings. The molecule has 8 heteroatoms. The number of unbranched alkanes of at least 4 members (excludes halogenated alkanes) is 2. The molecule has 2 heterocycles. The number of H-pyrrole nitrogens is 2. The zero-order valence-corrected chi connectivity index (χ0v) is 16.3. The first kappa shape index (κ1) is 22.1. The number of carbonyl (C=O) groups excluding carboxylic acids is 2. The molecule has 0 aliphatic heterocycles. The van der Waals surface area contributed by atoms with Gasteiger partial charge in [0.1, 0.15) is 11.4 Å². The Balaban J connectivity index is 0.000000289. The van der Waals surface area contributed by atoms with Crippen LogP contribution in [0.4, 0.5) is 11.4 Å². The number of aromatic amines is 2. The zero-order chi connectivity index (χ0) is 20.1. The van der Waals surface area contributed by atoms with Crippen LogP contribution in [0, 0.1) is 0 Å². The average Bonchev–Trinajstić information content (AvgIpc) is 3.28. The number of hydrogen-bond donors (Lipinski definition) is 4. The van der Waals surface area contributed by atoms with Crippen LogP contribution in [0.1, 0.15) is 61.0 Å². The molecule has 0 saturated carbocycles. The van der Waals surface area contributed by atoms with Crippen molar-refractivity contribution in [2.24, 2.45) is 0 Å². The lowest BCUT2D eigenvalue weighted by molar-refractivity contribution is 0.0512. The maximum Gasteiger partial charge on any atom is 0.356 e. The number of nitrogens with two attached hydrogens (primary N) is 1. The van der Waals surface area contributed by atoms with E-state index in [0.717, 1.165) is 18.7 Å². The Morgan fingerprint density at radius 3 is 2.11 bits per heavy atom. The molecular weight excluding hydrogens is 348 g/mol. The second-order valence-electron chi connectivity index (χ2n) is 5.65. The van der Waals surface area contributed by atoms with Crippen LogP contribution in [0.15, 0.2) is 24.5 Å². The van der Waals surface area contributed by atoms with Gasteiger partial charge >= 0.3 is 11.9 Å². The Morgan fingerprint density at radius 2 is 1.56 bits per heavy atom. The fraction of sp³-hybridized carbons (Fsp3) is 0.474. The molecule has 0 bridgehead atoms. The molecule has 8 nitrogen and oxygen atoms in total.